The Hall–Kier alpha value is -1.06. The van der Waals surface area contributed by atoms with Crippen molar-refractivity contribution in [1.82, 2.24) is 9.55 Å². The van der Waals surface area contributed by atoms with Gasteiger partial charge in [-0.2, -0.15) is 0 Å². The molecule has 0 saturated carbocycles. The van der Waals surface area contributed by atoms with Crippen LogP contribution in [0.1, 0.15) is 5.56 Å². The molecular formula is C8H10N2O2Se. The molecule has 5 heteroatoms. The van der Waals surface area contributed by atoms with Crippen molar-refractivity contribution in [3.05, 3.63) is 39.1 Å². The standard InChI is InChI=1S/C8H10N2O2Se/c1-3-4-5-6(13)9-8(12)10(2)7(5)11/h3,13H,1,4H2,2H3,(H,9,12). The molecule has 13 heavy (non-hydrogen) atoms. The van der Waals surface area contributed by atoms with Crippen LogP contribution in [-0.4, -0.2) is 25.6 Å². The van der Waals surface area contributed by atoms with Gasteiger partial charge in [-0.15, -0.1) is 0 Å². The fourth-order valence-corrected chi connectivity index (χ4v) is 1.58. The molecular weight excluding hydrogens is 235 g/mol. The summed E-state index contributed by atoms with van der Waals surface area (Å²) in [5.41, 5.74) is -0.0928. The van der Waals surface area contributed by atoms with Crippen LogP contribution in [0, 0.1) is 0 Å². The van der Waals surface area contributed by atoms with Crippen molar-refractivity contribution in [3.8, 4) is 0 Å². The number of H-pyrrole nitrogens is 1. The van der Waals surface area contributed by atoms with Crippen molar-refractivity contribution in [2.45, 2.75) is 6.42 Å². The van der Waals surface area contributed by atoms with E-state index in [2.05, 4.69) is 27.6 Å². The molecule has 0 amide bonds. The molecule has 0 aliphatic rings. The summed E-state index contributed by atoms with van der Waals surface area (Å²) in [5.74, 6) is 0. The predicted molar refractivity (Wildman–Crippen MR) is 53.0 cm³/mol. The monoisotopic (exact) mass is 246 g/mol. The van der Waals surface area contributed by atoms with E-state index in [0.29, 0.717) is 16.6 Å². The van der Waals surface area contributed by atoms with Crippen LogP contribution in [-0.2, 0) is 13.5 Å². The molecule has 70 valence electrons. The first-order valence-corrected chi connectivity index (χ1v) is 4.63. The SMILES string of the molecule is C=CCc1c([SeH])[nH]c(=O)n(C)c1=O. The normalized spacial score (nSPS) is 10.0. The fourth-order valence-electron chi connectivity index (χ4n) is 0.985. The molecule has 0 aromatic carbocycles. The molecule has 0 aliphatic heterocycles. The summed E-state index contributed by atoms with van der Waals surface area (Å²) in [4.78, 5) is 25.1. The van der Waals surface area contributed by atoms with E-state index in [-0.39, 0.29) is 5.56 Å². The first-order valence-electron chi connectivity index (χ1n) is 3.70. The Balaban J connectivity index is 3.53. The van der Waals surface area contributed by atoms with E-state index in [9.17, 15) is 9.59 Å². The molecule has 0 aliphatic carbocycles. The number of hydrogen-bond donors (Lipinski definition) is 1. The Bertz CT molecular complexity index is 444. The minimum atomic E-state index is -0.395. The number of allylic oxidation sites excluding steroid dienone is 1. The zero-order valence-electron chi connectivity index (χ0n) is 7.20. The van der Waals surface area contributed by atoms with E-state index < -0.39 is 5.69 Å². The summed E-state index contributed by atoms with van der Waals surface area (Å²) in [6.07, 6.45) is 2.10. The van der Waals surface area contributed by atoms with Crippen LogP contribution in [0.25, 0.3) is 0 Å². The second-order valence-electron chi connectivity index (χ2n) is 2.61. The van der Waals surface area contributed by atoms with Crippen LogP contribution < -0.4 is 15.8 Å². The molecule has 0 unspecified atom stereocenters. The summed E-state index contributed by atoms with van der Waals surface area (Å²) in [6, 6.07) is 0. The molecule has 0 radical (unpaired) electrons. The first kappa shape index (κ1) is 10.0. The van der Waals surface area contributed by atoms with Crippen LogP contribution in [0.4, 0.5) is 0 Å². The summed E-state index contributed by atoms with van der Waals surface area (Å²) in [6.45, 7) is 3.54. The van der Waals surface area contributed by atoms with Crippen LogP contribution in [0.5, 0.6) is 0 Å². The van der Waals surface area contributed by atoms with E-state index >= 15 is 0 Å². The van der Waals surface area contributed by atoms with Gasteiger partial charge in [0.2, 0.25) is 0 Å². The molecule has 0 spiro atoms. The van der Waals surface area contributed by atoms with E-state index in [4.69, 9.17) is 0 Å². The van der Waals surface area contributed by atoms with E-state index in [1.54, 1.807) is 6.08 Å². The summed E-state index contributed by atoms with van der Waals surface area (Å²) >= 11 is 2.18. The zero-order chi connectivity index (χ0) is 10.0. The Morgan fingerprint density at radius 1 is 1.62 bits per heavy atom. The number of rotatable bonds is 2. The number of hydrogen-bond acceptors (Lipinski definition) is 2. The van der Waals surface area contributed by atoms with Crippen molar-refractivity contribution in [3.63, 3.8) is 0 Å². The second-order valence-corrected chi connectivity index (χ2v) is 3.55. The van der Waals surface area contributed by atoms with Crippen LogP contribution in [0.15, 0.2) is 22.2 Å². The average molecular weight is 245 g/mol. The van der Waals surface area contributed by atoms with Crippen molar-refractivity contribution >= 4 is 20.6 Å². The van der Waals surface area contributed by atoms with Gasteiger partial charge in [0.1, 0.15) is 0 Å². The Labute approximate surface area is 83.1 Å². The van der Waals surface area contributed by atoms with Gasteiger partial charge < -0.3 is 0 Å². The molecule has 1 N–H and O–H groups in total. The maximum atomic E-state index is 11.5. The Morgan fingerprint density at radius 3 is 2.77 bits per heavy atom. The van der Waals surface area contributed by atoms with Crippen LogP contribution >= 0.6 is 0 Å². The van der Waals surface area contributed by atoms with Gasteiger partial charge in [-0.05, 0) is 0 Å². The summed E-state index contributed by atoms with van der Waals surface area (Å²) < 4.78 is 1.61. The van der Waals surface area contributed by atoms with Crippen LogP contribution in [0.2, 0.25) is 0 Å². The summed E-state index contributed by atoms with van der Waals surface area (Å²) in [7, 11) is 1.44. The quantitative estimate of drug-likeness (QED) is 0.500. The third-order valence-corrected chi connectivity index (χ3v) is 2.53. The average Bonchev–Trinajstić information content (AvgIpc) is 2.09. The minimum absolute atomic E-state index is 0.265. The number of aromatic amines is 1. The van der Waals surface area contributed by atoms with E-state index in [1.165, 1.54) is 7.05 Å². The molecule has 0 atom stereocenters. The van der Waals surface area contributed by atoms with Crippen molar-refractivity contribution in [1.29, 1.82) is 0 Å². The van der Waals surface area contributed by atoms with Gasteiger partial charge in [-0.3, -0.25) is 0 Å². The van der Waals surface area contributed by atoms with Crippen LogP contribution in [0.3, 0.4) is 0 Å². The van der Waals surface area contributed by atoms with Gasteiger partial charge in [0.15, 0.2) is 0 Å². The topological polar surface area (TPSA) is 54.9 Å². The van der Waals surface area contributed by atoms with Crippen molar-refractivity contribution in [2.75, 3.05) is 0 Å². The second kappa shape index (κ2) is 3.77. The number of nitrogens with one attached hydrogen (secondary N) is 1. The molecule has 0 saturated heterocycles. The Morgan fingerprint density at radius 2 is 2.23 bits per heavy atom. The first-order chi connectivity index (χ1) is 6.07. The molecule has 1 aromatic heterocycles. The van der Waals surface area contributed by atoms with Gasteiger partial charge in [-0.1, -0.05) is 0 Å². The molecule has 1 aromatic rings. The molecule has 4 nitrogen and oxygen atoms in total. The van der Waals surface area contributed by atoms with Gasteiger partial charge in [0.05, 0.1) is 0 Å². The van der Waals surface area contributed by atoms with E-state index in [1.807, 2.05) is 0 Å². The fraction of sp³-hybridized carbons (Fsp3) is 0.250. The van der Waals surface area contributed by atoms with Crippen molar-refractivity contribution in [2.24, 2.45) is 7.05 Å². The number of aromatic nitrogens is 2. The van der Waals surface area contributed by atoms with Gasteiger partial charge in [0.25, 0.3) is 0 Å². The van der Waals surface area contributed by atoms with Crippen molar-refractivity contribution < 1.29 is 0 Å². The van der Waals surface area contributed by atoms with E-state index in [0.717, 1.165) is 4.57 Å². The maximum absolute atomic E-state index is 11.5. The molecule has 1 heterocycles. The predicted octanol–water partition coefficient (Wildman–Crippen LogP) is -1.67. The number of nitrogens with zero attached hydrogens (tertiary/aromatic N) is 1. The summed E-state index contributed by atoms with van der Waals surface area (Å²) in [5, 5.41) is 0. The zero-order valence-corrected chi connectivity index (χ0v) is 9.08. The molecule has 0 fully saturated rings. The molecule has 0 bridgehead atoms. The molecule has 1 rings (SSSR count). The third-order valence-electron chi connectivity index (χ3n) is 1.73. The third kappa shape index (κ3) is 1.82. The van der Waals surface area contributed by atoms with Gasteiger partial charge in [-0.25, -0.2) is 0 Å². The Kier molecular flexibility index (Phi) is 2.90. The van der Waals surface area contributed by atoms with Gasteiger partial charge in [0, 0.05) is 0 Å². The van der Waals surface area contributed by atoms with Gasteiger partial charge >= 0.3 is 82.7 Å².